The van der Waals surface area contributed by atoms with E-state index < -0.39 is 52.3 Å². The van der Waals surface area contributed by atoms with Gasteiger partial charge in [0, 0.05) is 24.9 Å². The lowest BCUT2D eigenvalue weighted by Crippen LogP contribution is -2.58. The van der Waals surface area contributed by atoms with Crippen molar-refractivity contribution in [1.82, 2.24) is 5.32 Å². The van der Waals surface area contributed by atoms with Crippen molar-refractivity contribution in [3.05, 3.63) is 75.7 Å². The summed E-state index contributed by atoms with van der Waals surface area (Å²) >= 11 is 0. The third kappa shape index (κ3) is 6.84. The fourth-order valence-electron chi connectivity index (χ4n) is 5.19. The van der Waals surface area contributed by atoms with E-state index in [1.807, 2.05) is 0 Å². The molecule has 4 atom stereocenters. The van der Waals surface area contributed by atoms with Crippen LogP contribution in [0.5, 0.6) is 0 Å². The second kappa shape index (κ2) is 11.1. The van der Waals surface area contributed by atoms with Crippen molar-refractivity contribution in [3.63, 3.8) is 0 Å². The minimum Gasteiger partial charge on any atom is -0.633 e. The maximum atomic E-state index is 13.7. The summed E-state index contributed by atoms with van der Waals surface area (Å²) in [7, 11) is 0. The molecule has 4 rings (SSSR count). The molecule has 0 unspecified atom stereocenters. The number of quaternary nitrogens is 1. The van der Waals surface area contributed by atoms with Crippen LogP contribution in [0.1, 0.15) is 47.6 Å². The van der Waals surface area contributed by atoms with Crippen molar-refractivity contribution in [2.75, 3.05) is 39.3 Å². The largest absolute Gasteiger partial charge is 0.633 e. The predicted octanol–water partition coefficient (Wildman–Crippen LogP) is 6.01. The number of hydroxylamine groups is 3. The molecule has 2 heterocycles. The van der Waals surface area contributed by atoms with Crippen LogP contribution in [0.25, 0.3) is 0 Å². The molecule has 5 nitrogen and oxygen atoms in total. The number of benzene rings is 2. The standard InChI is InChI=1S/C26H29F7N2O3/c1-16(19-12-20(25(28,29)30)14-21(13-19)26(31,32)33)38-24-23(17-2-4-22(27)5-3-17)18(6-11-37-24)15-35(36)9-7-34-8-10-35/h2-5,12-14,16,18,23-24,34H,6-11,15H2,1H3/t16-,18+,23+,24-/m1/s1. The lowest BCUT2D eigenvalue weighted by molar-refractivity contribution is -0.886. The number of nitrogens with zero attached hydrogens (tertiary/aromatic N) is 1. The summed E-state index contributed by atoms with van der Waals surface area (Å²) in [6, 6.07) is 6.88. The quantitative estimate of drug-likeness (QED) is 0.272. The highest BCUT2D eigenvalue weighted by Gasteiger charge is 2.42. The normalized spacial score (nSPS) is 25.2. The van der Waals surface area contributed by atoms with E-state index in [-0.39, 0.29) is 30.7 Å². The van der Waals surface area contributed by atoms with E-state index in [1.54, 1.807) is 0 Å². The van der Waals surface area contributed by atoms with E-state index in [9.17, 15) is 35.9 Å². The molecular weight excluding hydrogens is 521 g/mol. The fourth-order valence-corrected chi connectivity index (χ4v) is 5.19. The summed E-state index contributed by atoms with van der Waals surface area (Å²) in [6.45, 7) is 3.60. The van der Waals surface area contributed by atoms with Gasteiger partial charge in [-0.2, -0.15) is 26.3 Å². The summed E-state index contributed by atoms with van der Waals surface area (Å²) in [5, 5.41) is 16.5. The zero-order valence-corrected chi connectivity index (χ0v) is 20.6. The molecule has 0 radical (unpaired) electrons. The first-order chi connectivity index (χ1) is 17.7. The first-order valence-electron chi connectivity index (χ1n) is 12.3. The van der Waals surface area contributed by atoms with Crippen molar-refractivity contribution in [2.45, 2.75) is 44.0 Å². The van der Waals surface area contributed by atoms with Crippen molar-refractivity contribution in [2.24, 2.45) is 5.92 Å². The van der Waals surface area contributed by atoms with Gasteiger partial charge in [-0.3, -0.25) is 0 Å². The van der Waals surface area contributed by atoms with Crippen LogP contribution in [0.15, 0.2) is 42.5 Å². The Morgan fingerprint density at radius 2 is 1.58 bits per heavy atom. The SMILES string of the molecule is C[C@@H](O[C@H]1OCC[C@@H](C[N+]2([O-])CCNCC2)[C@@H]1c1ccc(F)cc1)c1cc(C(F)(F)F)cc(C(F)(F)F)c1. The average molecular weight is 551 g/mol. The van der Waals surface area contributed by atoms with Crippen molar-refractivity contribution < 1.29 is 44.9 Å². The third-order valence-electron chi connectivity index (χ3n) is 7.20. The van der Waals surface area contributed by atoms with Gasteiger partial charge in [0.1, 0.15) is 5.82 Å². The van der Waals surface area contributed by atoms with Crippen LogP contribution in [-0.4, -0.2) is 50.3 Å². The van der Waals surface area contributed by atoms with E-state index >= 15 is 0 Å². The summed E-state index contributed by atoms with van der Waals surface area (Å²) < 4.78 is 105. The molecule has 0 spiro atoms. The predicted molar refractivity (Wildman–Crippen MR) is 124 cm³/mol. The molecule has 2 aliphatic rings. The van der Waals surface area contributed by atoms with Gasteiger partial charge in [-0.25, -0.2) is 4.39 Å². The minimum atomic E-state index is -4.99. The van der Waals surface area contributed by atoms with E-state index in [4.69, 9.17) is 9.47 Å². The highest BCUT2D eigenvalue weighted by atomic mass is 19.4. The third-order valence-corrected chi connectivity index (χ3v) is 7.20. The van der Waals surface area contributed by atoms with Crippen molar-refractivity contribution in [3.8, 4) is 0 Å². The number of rotatable bonds is 6. The van der Waals surface area contributed by atoms with Gasteiger partial charge in [0.05, 0.1) is 43.5 Å². The van der Waals surface area contributed by atoms with Crippen LogP contribution in [0.3, 0.4) is 0 Å². The van der Waals surface area contributed by atoms with Gasteiger partial charge in [-0.1, -0.05) is 12.1 Å². The zero-order chi connectivity index (χ0) is 27.7. The van der Waals surface area contributed by atoms with Crippen LogP contribution in [-0.2, 0) is 21.8 Å². The second-order valence-electron chi connectivity index (χ2n) is 9.92. The Balaban J connectivity index is 1.65. The minimum absolute atomic E-state index is 0.0648. The number of ether oxygens (including phenoxy) is 2. The molecule has 0 amide bonds. The topological polar surface area (TPSA) is 53.5 Å². The second-order valence-corrected chi connectivity index (χ2v) is 9.92. The molecule has 2 aromatic rings. The number of halogens is 7. The van der Waals surface area contributed by atoms with Gasteiger partial charge in [0.2, 0.25) is 0 Å². The highest BCUT2D eigenvalue weighted by molar-refractivity contribution is 5.35. The average Bonchev–Trinajstić information content (AvgIpc) is 2.84. The molecular formula is C26H29F7N2O3. The summed E-state index contributed by atoms with van der Waals surface area (Å²) in [5.74, 6) is -1.33. The van der Waals surface area contributed by atoms with Crippen LogP contribution in [0.2, 0.25) is 0 Å². The van der Waals surface area contributed by atoms with Gasteiger partial charge in [-0.05, 0) is 54.8 Å². The Morgan fingerprint density at radius 1 is 1.00 bits per heavy atom. The molecule has 12 heteroatoms. The molecule has 0 bridgehead atoms. The molecule has 0 aliphatic carbocycles. The number of nitrogens with one attached hydrogen (secondary N) is 1. The van der Waals surface area contributed by atoms with E-state index in [0.29, 0.717) is 50.3 Å². The van der Waals surface area contributed by atoms with Crippen LogP contribution in [0, 0.1) is 16.9 Å². The lowest BCUT2D eigenvalue weighted by atomic mass is 9.81. The van der Waals surface area contributed by atoms with E-state index in [1.165, 1.54) is 31.2 Å². The Kier molecular flexibility index (Phi) is 8.39. The maximum Gasteiger partial charge on any atom is 0.416 e. The fraction of sp³-hybridized carbons (Fsp3) is 0.538. The van der Waals surface area contributed by atoms with Crippen LogP contribution < -0.4 is 5.32 Å². The van der Waals surface area contributed by atoms with Crippen LogP contribution in [0.4, 0.5) is 30.7 Å². The number of hydrogen-bond acceptors (Lipinski definition) is 4. The Labute approximate surface area is 215 Å². The Bertz CT molecular complexity index is 1050. The highest BCUT2D eigenvalue weighted by Crippen LogP contribution is 2.42. The number of alkyl halides is 6. The molecule has 1 N–H and O–H groups in total. The molecule has 2 aromatic carbocycles. The monoisotopic (exact) mass is 550 g/mol. The van der Waals surface area contributed by atoms with Crippen LogP contribution >= 0.6 is 0 Å². The smallest absolute Gasteiger partial charge is 0.416 e. The van der Waals surface area contributed by atoms with Crippen molar-refractivity contribution >= 4 is 0 Å². The van der Waals surface area contributed by atoms with Crippen molar-refractivity contribution in [1.29, 1.82) is 0 Å². The molecule has 0 saturated carbocycles. The first kappa shape index (κ1) is 28.8. The van der Waals surface area contributed by atoms with Gasteiger partial charge in [0.15, 0.2) is 6.29 Å². The Hall–Kier alpha value is -2.25. The molecule has 38 heavy (non-hydrogen) atoms. The maximum absolute atomic E-state index is 13.7. The summed E-state index contributed by atoms with van der Waals surface area (Å²) in [5.41, 5.74) is -2.58. The van der Waals surface area contributed by atoms with E-state index in [2.05, 4.69) is 5.32 Å². The molecule has 2 fully saturated rings. The number of hydrogen-bond donors (Lipinski definition) is 1. The lowest BCUT2D eigenvalue weighted by Gasteiger charge is -2.50. The Morgan fingerprint density at radius 3 is 2.13 bits per heavy atom. The van der Waals surface area contributed by atoms with Gasteiger partial charge < -0.3 is 24.6 Å². The summed E-state index contributed by atoms with van der Waals surface area (Å²) in [6.07, 6.45) is -11.8. The number of piperazine rings is 1. The van der Waals surface area contributed by atoms with E-state index in [0.717, 1.165) is 0 Å². The molecule has 0 aromatic heterocycles. The zero-order valence-electron chi connectivity index (χ0n) is 20.6. The van der Waals surface area contributed by atoms with Gasteiger partial charge in [0.25, 0.3) is 0 Å². The molecule has 210 valence electrons. The van der Waals surface area contributed by atoms with Gasteiger partial charge in [-0.15, -0.1) is 0 Å². The summed E-state index contributed by atoms with van der Waals surface area (Å²) in [4.78, 5) is 0. The van der Waals surface area contributed by atoms with Gasteiger partial charge >= 0.3 is 12.4 Å². The molecule has 2 aliphatic heterocycles. The first-order valence-corrected chi connectivity index (χ1v) is 12.3. The molecule has 2 saturated heterocycles.